The van der Waals surface area contributed by atoms with Crippen molar-refractivity contribution in [2.45, 2.75) is 19.9 Å². The molecule has 156 valence electrons. The third-order valence-corrected chi connectivity index (χ3v) is 4.53. The molecule has 30 heavy (non-hydrogen) atoms. The topological polar surface area (TPSA) is 94.5 Å². The van der Waals surface area contributed by atoms with Crippen LogP contribution in [0.3, 0.4) is 0 Å². The van der Waals surface area contributed by atoms with Crippen molar-refractivity contribution in [2.24, 2.45) is 0 Å². The molecule has 1 aromatic heterocycles. The van der Waals surface area contributed by atoms with Crippen LogP contribution in [0, 0.1) is 0 Å². The summed E-state index contributed by atoms with van der Waals surface area (Å²) in [5.74, 6) is 1.22. The first-order chi connectivity index (χ1) is 14.5. The molecule has 0 atom stereocenters. The Balaban J connectivity index is 1.60. The zero-order valence-corrected chi connectivity index (χ0v) is 17.1. The maximum Gasteiger partial charge on any atom is 0.262 e. The molecule has 3 rings (SSSR count). The van der Waals surface area contributed by atoms with Gasteiger partial charge in [0.05, 0.1) is 25.3 Å². The highest BCUT2D eigenvalue weighted by atomic mass is 16.5. The second kappa shape index (κ2) is 9.60. The van der Waals surface area contributed by atoms with Crippen LogP contribution in [-0.4, -0.2) is 35.6 Å². The second-order valence-corrected chi connectivity index (χ2v) is 6.44. The summed E-state index contributed by atoms with van der Waals surface area (Å²) in [5.41, 5.74) is 7.24. The van der Waals surface area contributed by atoms with Gasteiger partial charge in [-0.1, -0.05) is 19.1 Å². The number of rotatable bonds is 7. The molecule has 0 fully saturated rings. The molecule has 0 aliphatic carbocycles. The minimum Gasteiger partial charge on any atom is -0.497 e. The van der Waals surface area contributed by atoms with Gasteiger partial charge >= 0.3 is 0 Å². The molecule has 2 N–H and O–H groups in total. The van der Waals surface area contributed by atoms with E-state index in [9.17, 15) is 9.59 Å². The van der Waals surface area contributed by atoms with Crippen LogP contribution in [0.15, 0.2) is 48.5 Å². The van der Waals surface area contributed by atoms with Crippen molar-refractivity contribution in [3.63, 3.8) is 0 Å². The lowest BCUT2D eigenvalue weighted by atomic mass is 10.1. The highest BCUT2D eigenvalue weighted by Gasteiger charge is 2.12. The van der Waals surface area contributed by atoms with Crippen LogP contribution in [0.5, 0.6) is 11.5 Å². The highest BCUT2D eigenvalue weighted by molar-refractivity contribution is 5.93. The zero-order chi connectivity index (χ0) is 21.5. The van der Waals surface area contributed by atoms with Crippen LogP contribution >= 0.6 is 0 Å². The van der Waals surface area contributed by atoms with Gasteiger partial charge in [0.2, 0.25) is 0 Å². The maximum atomic E-state index is 12.3. The van der Waals surface area contributed by atoms with Crippen molar-refractivity contribution in [1.82, 2.24) is 20.4 Å². The predicted molar refractivity (Wildman–Crippen MR) is 114 cm³/mol. The average Bonchev–Trinajstić information content (AvgIpc) is 3.13. The van der Waals surface area contributed by atoms with Crippen LogP contribution in [0.2, 0.25) is 0 Å². The average molecular weight is 408 g/mol. The van der Waals surface area contributed by atoms with E-state index in [-0.39, 0.29) is 12.5 Å². The van der Waals surface area contributed by atoms with E-state index >= 15 is 0 Å². The molecule has 0 saturated heterocycles. The number of methoxy groups -OCH3 is 2. The van der Waals surface area contributed by atoms with Gasteiger partial charge in [-0.2, -0.15) is 0 Å². The summed E-state index contributed by atoms with van der Waals surface area (Å²) in [7, 11) is 3.10. The third-order valence-electron chi connectivity index (χ3n) is 4.53. The molecule has 0 radical (unpaired) electrons. The molecule has 0 bridgehead atoms. The Morgan fingerprint density at radius 1 is 1.10 bits per heavy atom. The van der Waals surface area contributed by atoms with Gasteiger partial charge in [-0.05, 0) is 30.3 Å². The minimum atomic E-state index is -0.465. The largest absolute Gasteiger partial charge is 0.497 e. The number of hydrazine groups is 1. The molecule has 3 aromatic rings. The van der Waals surface area contributed by atoms with E-state index in [4.69, 9.17) is 9.47 Å². The number of nitrogens with one attached hydrogen (secondary N) is 2. The van der Waals surface area contributed by atoms with E-state index in [1.54, 1.807) is 31.4 Å². The maximum absolute atomic E-state index is 12.3. The van der Waals surface area contributed by atoms with Gasteiger partial charge in [-0.25, -0.2) is 4.98 Å². The van der Waals surface area contributed by atoms with Crippen molar-refractivity contribution in [2.75, 3.05) is 14.2 Å². The number of aromatic nitrogens is 2. The van der Waals surface area contributed by atoms with Crippen molar-refractivity contribution in [3.05, 3.63) is 59.9 Å². The Labute approximate surface area is 174 Å². The number of imidazole rings is 1. The number of para-hydroxylation sites is 2. The first-order valence-electron chi connectivity index (χ1n) is 9.48. The van der Waals surface area contributed by atoms with Gasteiger partial charge < -0.3 is 14.0 Å². The van der Waals surface area contributed by atoms with Crippen molar-refractivity contribution < 1.29 is 19.1 Å². The fraction of sp³-hybridized carbons (Fsp3) is 0.227. The second-order valence-electron chi connectivity index (χ2n) is 6.44. The number of hydrogen-bond acceptors (Lipinski definition) is 5. The number of amides is 2. The van der Waals surface area contributed by atoms with Gasteiger partial charge in [0.25, 0.3) is 11.8 Å². The van der Waals surface area contributed by atoms with E-state index in [0.717, 1.165) is 16.9 Å². The number of ether oxygens (including phenoxy) is 2. The molecule has 2 amide bonds. The number of fused-ring (bicyclic) bond motifs is 1. The molecular weight excluding hydrogens is 384 g/mol. The lowest BCUT2D eigenvalue weighted by molar-refractivity contribution is -0.127. The van der Waals surface area contributed by atoms with E-state index in [2.05, 4.69) is 15.8 Å². The Morgan fingerprint density at radius 2 is 1.90 bits per heavy atom. The fourth-order valence-electron chi connectivity index (χ4n) is 3.05. The van der Waals surface area contributed by atoms with E-state index in [0.29, 0.717) is 23.5 Å². The van der Waals surface area contributed by atoms with Crippen molar-refractivity contribution >= 4 is 28.9 Å². The van der Waals surface area contributed by atoms with Crippen LogP contribution in [0.1, 0.15) is 18.3 Å². The summed E-state index contributed by atoms with van der Waals surface area (Å²) in [6.07, 6.45) is 3.60. The third kappa shape index (κ3) is 4.78. The monoisotopic (exact) mass is 408 g/mol. The summed E-state index contributed by atoms with van der Waals surface area (Å²) in [6.45, 7) is 2.04. The van der Waals surface area contributed by atoms with Gasteiger partial charge in [-0.15, -0.1) is 0 Å². The number of aryl methyl sites for hydroxylation is 1. The molecule has 0 saturated carbocycles. The molecule has 8 heteroatoms. The Bertz CT molecular complexity index is 1090. The van der Waals surface area contributed by atoms with Gasteiger partial charge in [0.1, 0.15) is 23.9 Å². The summed E-state index contributed by atoms with van der Waals surface area (Å²) in [6, 6.07) is 12.9. The van der Waals surface area contributed by atoms with Crippen LogP contribution < -0.4 is 20.3 Å². The first kappa shape index (κ1) is 20.9. The number of benzene rings is 2. The van der Waals surface area contributed by atoms with Crippen LogP contribution in [0.4, 0.5) is 0 Å². The van der Waals surface area contributed by atoms with E-state index < -0.39 is 5.91 Å². The van der Waals surface area contributed by atoms with Crippen LogP contribution in [-0.2, 0) is 22.6 Å². The van der Waals surface area contributed by atoms with Crippen molar-refractivity contribution in [3.8, 4) is 11.5 Å². The van der Waals surface area contributed by atoms with Gasteiger partial charge in [0, 0.05) is 24.1 Å². The Morgan fingerprint density at radius 3 is 2.63 bits per heavy atom. The standard InChI is InChI=1S/C22H24N4O4/c1-4-20-23-17-7-5-6-8-18(17)26(20)14-22(28)25-24-21(27)12-10-15-9-11-16(29-2)13-19(15)30-3/h5-13H,4,14H2,1-3H3,(H,24,27)(H,25,28)/b12-10+. The zero-order valence-electron chi connectivity index (χ0n) is 17.1. The fourth-order valence-corrected chi connectivity index (χ4v) is 3.05. The van der Waals surface area contributed by atoms with Gasteiger partial charge in [-0.3, -0.25) is 20.4 Å². The summed E-state index contributed by atoms with van der Waals surface area (Å²) >= 11 is 0. The smallest absolute Gasteiger partial charge is 0.262 e. The highest BCUT2D eigenvalue weighted by Crippen LogP contribution is 2.25. The normalized spacial score (nSPS) is 10.9. The van der Waals surface area contributed by atoms with Gasteiger partial charge in [0.15, 0.2) is 0 Å². The lowest BCUT2D eigenvalue weighted by Crippen LogP contribution is -2.42. The quantitative estimate of drug-likeness (QED) is 0.463. The Hall–Kier alpha value is -3.81. The summed E-state index contributed by atoms with van der Waals surface area (Å²) < 4.78 is 12.3. The molecule has 1 heterocycles. The molecule has 2 aromatic carbocycles. The van der Waals surface area contributed by atoms with E-state index in [1.807, 2.05) is 35.8 Å². The van der Waals surface area contributed by atoms with E-state index in [1.165, 1.54) is 13.2 Å². The summed E-state index contributed by atoms with van der Waals surface area (Å²) in [5, 5.41) is 0. The molecule has 0 spiro atoms. The molecular formula is C22H24N4O4. The first-order valence-corrected chi connectivity index (χ1v) is 9.48. The minimum absolute atomic E-state index is 0.0555. The number of nitrogens with zero attached hydrogens (tertiary/aromatic N) is 2. The lowest BCUT2D eigenvalue weighted by Gasteiger charge is -2.09. The molecule has 0 aliphatic rings. The molecule has 0 aliphatic heterocycles. The number of hydrogen-bond donors (Lipinski definition) is 2. The van der Waals surface area contributed by atoms with Crippen molar-refractivity contribution in [1.29, 1.82) is 0 Å². The summed E-state index contributed by atoms with van der Waals surface area (Å²) in [4.78, 5) is 29.0. The SMILES string of the molecule is CCc1nc2ccccc2n1CC(=O)NNC(=O)/C=C/c1ccc(OC)cc1OC. The predicted octanol–water partition coefficient (Wildman–Crippen LogP) is 2.48. The number of carbonyl (C=O) groups is 2. The molecule has 8 nitrogen and oxygen atoms in total. The number of carbonyl (C=O) groups excluding carboxylic acids is 2. The van der Waals surface area contributed by atoms with Crippen LogP contribution in [0.25, 0.3) is 17.1 Å². The Kier molecular flexibility index (Phi) is 6.69. The molecule has 0 unspecified atom stereocenters.